The van der Waals surface area contributed by atoms with Crippen molar-refractivity contribution in [1.29, 1.82) is 0 Å². The third-order valence-corrected chi connectivity index (χ3v) is 2.72. The maximum absolute atomic E-state index is 10.6. The van der Waals surface area contributed by atoms with Gasteiger partial charge in [-0.15, -0.1) is 0 Å². The molecular weight excluding hydrogens is 238 g/mol. The molecular formula is C12H13NO5. The minimum absolute atomic E-state index is 0.0474. The first-order valence-corrected chi connectivity index (χ1v) is 5.33. The van der Waals surface area contributed by atoms with Crippen molar-refractivity contribution in [2.75, 3.05) is 13.1 Å². The largest absolute Gasteiger partial charge is 0.488 e. The van der Waals surface area contributed by atoms with Crippen molar-refractivity contribution < 1.29 is 26.0 Å². The lowest BCUT2D eigenvalue weighted by molar-refractivity contribution is -0.384. The van der Waals surface area contributed by atoms with Crippen LogP contribution in [0, 0.1) is 16.0 Å². The summed E-state index contributed by atoms with van der Waals surface area (Å²) in [6.07, 6.45) is -3.72. The van der Waals surface area contributed by atoms with Gasteiger partial charge >= 0.3 is 0 Å². The van der Waals surface area contributed by atoms with E-state index in [1.165, 1.54) is 24.3 Å². The second kappa shape index (κ2) is 4.55. The van der Waals surface area contributed by atoms with Crippen LogP contribution in [0.2, 0.25) is 0 Å². The van der Waals surface area contributed by atoms with E-state index in [-0.39, 0.29) is 17.9 Å². The minimum Gasteiger partial charge on any atom is -0.488 e. The number of nitrogens with zero attached hydrogens (tertiary/aromatic N) is 1. The van der Waals surface area contributed by atoms with Crippen LogP contribution in [-0.2, 0) is 9.47 Å². The summed E-state index contributed by atoms with van der Waals surface area (Å²) < 4.78 is 54.6. The number of fused-ring (bicyclic) bond motifs is 1. The Hall–Kier alpha value is -1.66. The van der Waals surface area contributed by atoms with Crippen molar-refractivity contribution in [3.8, 4) is 5.75 Å². The Bertz CT molecular complexity index is 639. The molecule has 1 aromatic rings. The van der Waals surface area contributed by atoms with Crippen LogP contribution in [0.4, 0.5) is 5.69 Å². The van der Waals surface area contributed by atoms with E-state index in [4.69, 9.17) is 21.1 Å². The molecule has 6 nitrogen and oxygen atoms in total. The van der Waals surface area contributed by atoms with Gasteiger partial charge in [-0.1, -0.05) is 0 Å². The van der Waals surface area contributed by atoms with Crippen molar-refractivity contribution in [2.45, 2.75) is 18.8 Å². The molecule has 0 spiro atoms. The minimum atomic E-state index is -2.53. The van der Waals surface area contributed by atoms with Crippen molar-refractivity contribution in [3.05, 3.63) is 34.4 Å². The summed E-state index contributed by atoms with van der Waals surface area (Å²) in [5, 5.41) is 10.6. The molecule has 18 heavy (non-hydrogen) atoms. The summed E-state index contributed by atoms with van der Waals surface area (Å²) in [7, 11) is 0. The Morgan fingerprint density at radius 3 is 2.94 bits per heavy atom. The average Bonchev–Trinajstić information content (AvgIpc) is 2.80. The molecule has 0 aliphatic carbocycles. The summed E-state index contributed by atoms with van der Waals surface area (Å²) in [6.45, 7) is -4.56. The normalized spacial score (nSPS) is 43.9. The van der Waals surface area contributed by atoms with Crippen molar-refractivity contribution in [1.82, 2.24) is 0 Å². The SMILES string of the molecule is [2H]C1([2H])C[C@@H]2[C@H](O1)OC([2H])([2H])[C@]2([2H])Oc1ccc([N+](=O)[O-])cc1. The summed E-state index contributed by atoms with van der Waals surface area (Å²) in [5.74, 6) is -0.936. The van der Waals surface area contributed by atoms with E-state index >= 15 is 0 Å². The number of hydrogen-bond donors (Lipinski definition) is 0. The van der Waals surface area contributed by atoms with Crippen LogP contribution in [0.3, 0.4) is 0 Å². The Morgan fingerprint density at radius 2 is 2.22 bits per heavy atom. The zero-order valence-corrected chi connectivity index (χ0v) is 9.16. The molecule has 3 atom stereocenters. The van der Waals surface area contributed by atoms with Gasteiger partial charge in [0.05, 0.1) is 30.8 Å². The van der Waals surface area contributed by atoms with Crippen LogP contribution in [0.25, 0.3) is 0 Å². The van der Waals surface area contributed by atoms with Gasteiger partial charge in [0.25, 0.3) is 5.69 Å². The van der Waals surface area contributed by atoms with E-state index in [1.807, 2.05) is 0 Å². The van der Waals surface area contributed by atoms with Crippen LogP contribution >= 0.6 is 0 Å². The monoisotopic (exact) mass is 256 g/mol. The highest BCUT2D eigenvalue weighted by Crippen LogP contribution is 2.33. The highest BCUT2D eigenvalue weighted by molar-refractivity contribution is 5.36. The van der Waals surface area contributed by atoms with Crippen LogP contribution < -0.4 is 4.74 Å². The van der Waals surface area contributed by atoms with E-state index in [0.29, 0.717) is 0 Å². The van der Waals surface area contributed by atoms with Gasteiger partial charge in [-0.25, -0.2) is 0 Å². The number of hydrogen-bond acceptors (Lipinski definition) is 5. The number of nitro groups is 1. The van der Waals surface area contributed by atoms with Crippen molar-refractivity contribution in [2.24, 2.45) is 5.92 Å². The Morgan fingerprint density at radius 1 is 1.44 bits per heavy atom. The molecule has 2 heterocycles. The molecule has 2 fully saturated rings. The molecule has 1 aromatic carbocycles. The predicted molar refractivity (Wildman–Crippen MR) is 61.3 cm³/mol. The van der Waals surface area contributed by atoms with E-state index in [1.54, 1.807) is 0 Å². The van der Waals surface area contributed by atoms with Gasteiger partial charge in [0.2, 0.25) is 0 Å². The van der Waals surface area contributed by atoms with Gasteiger partial charge in [-0.05, 0) is 18.6 Å². The van der Waals surface area contributed by atoms with Crippen LogP contribution in [-0.4, -0.2) is 30.4 Å². The fourth-order valence-electron chi connectivity index (χ4n) is 1.77. The quantitative estimate of drug-likeness (QED) is 0.608. The summed E-state index contributed by atoms with van der Waals surface area (Å²) in [4.78, 5) is 10.0. The highest BCUT2D eigenvalue weighted by Gasteiger charge is 2.43. The van der Waals surface area contributed by atoms with Crippen LogP contribution in [0.15, 0.2) is 24.3 Å². The van der Waals surface area contributed by atoms with E-state index < -0.39 is 36.3 Å². The topological polar surface area (TPSA) is 70.8 Å². The molecule has 96 valence electrons. The Labute approximate surface area is 111 Å². The lowest BCUT2D eigenvalue weighted by atomic mass is 10.0. The van der Waals surface area contributed by atoms with Crippen LogP contribution in [0.5, 0.6) is 5.75 Å². The molecule has 2 aliphatic rings. The molecule has 6 heteroatoms. The number of nitro benzene ring substituents is 1. The third-order valence-electron chi connectivity index (χ3n) is 2.72. The summed E-state index contributed by atoms with van der Waals surface area (Å²) >= 11 is 0. The molecule has 0 aromatic heterocycles. The van der Waals surface area contributed by atoms with E-state index in [9.17, 15) is 10.1 Å². The summed E-state index contributed by atoms with van der Waals surface area (Å²) in [5.41, 5.74) is -0.166. The number of ether oxygens (including phenoxy) is 3. The maximum atomic E-state index is 10.6. The average molecular weight is 256 g/mol. The third kappa shape index (κ3) is 2.04. The van der Waals surface area contributed by atoms with Gasteiger partial charge < -0.3 is 14.2 Å². The number of rotatable bonds is 3. The Balaban J connectivity index is 1.88. The van der Waals surface area contributed by atoms with Gasteiger partial charge in [-0.3, -0.25) is 10.1 Å². The molecule has 2 saturated heterocycles. The molecule has 0 radical (unpaired) electrons. The molecule has 0 N–H and O–H groups in total. The molecule has 0 unspecified atom stereocenters. The van der Waals surface area contributed by atoms with Gasteiger partial charge in [-0.2, -0.15) is 0 Å². The van der Waals surface area contributed by atoms with E-state index in [2.05, 4.69) is 0 Å². The van der Waals surface area contributed by atoms with Crippen LogP contribution in [0.1, 0.15) is 13.3 Å². The molecule has 2 aliphatic heterocycles. The summed E-state index contributed by atoms with van der Waals surface area (Å²) in [6, 6.07) is 4.85. The van der Waals surface area contributed by atoms with Crippen molar-refractivity contribution in [3.63, 3.8) is 0 Å². The lowest BCUT2D eigenvalue weighted by Gasteiger charge is -2.16. The first-order valence-electron chi connectivity index (χ1n) is 7.83. The van der Waals surface area contributed by atoms with Gasteiger partial charge in [0.15, 0.2) is 6.29 Å². The second-order valence-electron chi connectivity index (χ2n) is 3.88. The highest BCUT2D eigenvalue weighted by atomic mass is 16.7. The second-order valence-corrected chi connectivity index (χ2v) is 3.88. The first-order chi connectivity index (χ1) is 10.5. The number of benzene rings is 1. The maximum Gasteiger partial charge on any atom is 0.269 e. The van der Waals surface area contributed by atoms with Crippen molar-refractivity contribution >= 4 is 5.69 Å². The Kier molecular flexibility index (Phi) is 1.78. The standard InChI is InChI=1S/C12H13NO5/c14-13(15)8-1-3-9(4-2-8)18-11-7-17-12-10(11)5-6-16-12/h1-4,10-12H,5-7H2/t10-,11-,12+/m0/s1/i6D2,7D2,11D. The lowest BCUT2D eigenvalue weighted by Crippen LogP contribution is -2.26. The van der Waals surface area contributed by atoms with Gasteiger partial charge in [0.1, 0.15) is 11.8 Å². The molecule has 0 amide bonds. The molecule has 3 rings (SSSR count). The molecule has 0 saturated carbocycles. The smallest absolute Gasteiger partial charge is 0.269 e. The zero-order valence-electron chi connectivity index (χ0n) is 14.2. The fraction of sp³-hybridized carbons (Fsp3) is 0.500. The fourth-order valence-corrected chi connectivity index (χ4v) is 1.77. The van der Waals surface area contributed by atoms with E-state index in [0.717, 1.165) is 0 Å². The molecule has 0 bridgehead atoms. The zero-order chi connectivity index (χ0) is 17.0. The predicted octanol–water partition coefficient (Wildman–Crippen LogP) is 1.73. The van der Waals surface area contributed by atoms with Gasteiger partial charge in [0, 0.05) is 12.1 Å². The number of non-ortho nitro benzene ring substituents is 1. The first kappa shape index (κ1) is 7.06.